The Morgan fingerprint density at radius 1 is 1.08 bits per heavy atom. The van der Waals surface area contributed by atoms with Gasteiger partial charge in [0.15, 0.2) is 0 Å². The topological polar surface area (TPSA) is 29.1 Å². The minimum atomic E-state index is -0.300. The van der Waals surface area contributed by atoms with E-state index in [1.54, 1.807) is 30.4 Å². The molecule has 0 bridgehead atoms. The number of hydrogen-bond acceptors (Lipinski definition) is 1. The zero-order valence-electron chi connectivity index (χ0n) is 13.6. The van der Waals surface area contributed by atoms with E-state index in [0.29, 0.717) is 0 Å². The van der Waals surface area contributed by atoms with Crippen LogP contribution in [0.5, 0.6) is 0 Å². The Labute approximate surface area is 142 Å². The van der Waals surface area contributed by atoms with Gasteiger partial charge in [0.1, 0.15) is 5.82 Å². The smallest absolute Gasteiger partial charge is 0.244 e. The molecular weight excluding hydrogens is 301 g/mol. The van der Waals surface area contributed by atoms with Crippen molar-refractivity contribution in [1.82, 2.24) is 5.32 Å². The minimum Gasteiger partial charge on any atom is -0.346 e. The van der Waals surface area contributed by atoms with E-state index in [9.17, 15) is 9.18 Å². The Morgan fingerprint density at radius 3 is 2.38 bits per heavy atom. The van der Waals surface area contributed by atoms with Crippen molar-refractivity contribution in [3.8, 4) is 0 Å². The molecule has 0 aliphatic rings. The van der Waals surface area contributed by atoms with Gasteiger partial charge in [-0.2, -0.15) is 0 Å². The molecule has 1 amide bonds. The van der Waals surface area contributed by atoms with Crippen LogP contribution in [0.4, 0.5) is 4.39 Å². The van der Waals surface area contributed by atoms with Crippen molar-refractivity contribution in [2.24, 2.45) is 0 Å². The molecule has 1 atom stereocenters. The summed E-state index contributed by atoms with van der Waals surface area (Å²) in [5, 5.41) is 2.91. The average molecular weight is 321 g/mol. The largest absolute Gasteiger partial charge is 0.346 e. The number of rotatable bonds is 6. The molecule has 24 heavy (non-hydrogen) atoms. The molecule has 0 heterocycles. The number of carbonyl (C=O) groups excluding carboxylic acids is 1. The zero-order valence-corrected chi connectivity index (χ0v) is 13.6. The molecule has 2 aromatic rings. The number of benzene rings is 2. The molecule has 0 saturated carbocycles. The van der Waals surface area contributed by atoms with Crippen molar-refractivity contribution in [2.75, 3.05) is 0 Å². The molecule has 2 aromatic carbocycles. The fraction of sp³-hybridized carbons (Fsp3) is 0.0952. The van der Waals surface area contributed by atoms with Crippen LogP contribution in [0.2, 0.25) is 0 Å². The predicted molar refractivity (Wildman–Crippen MR) is 98.6 cm³/mol. The SMILES string of the molecule is C=Cc1ccc([C@H](C)NC(=O)/C=C/c2ccc(F)cc2)cc1C=C. The average Bonchev–Trinajstić information content (AvgIpc) is 2.60. The fourth-order valence-corrected chi connectivity index (χ4v) is 2.32. The lowest BCUT2D eigenvalue weighted by Crippen LogP contribution is -2.24. The van der Waals surface area contributed by atoms with E-state index in [0.717, 1.165) is 22.3 Å². The van der Waals surface area contributed by atoms with E-state index in [2.05, 4.69) is 18.5 Å². The maximum atomic E-state index is 12.8. The maximum absolute atomic E-state index is 12.8. The standard InChI is InChI=1S/C21H20FNO/c1-4-17-9-10-19(14-18(17)5-2)15(3)23-21(24)13-8-16-6-11-20(22)12-7-16/h4-15H,1-2H2,3H3,(H,23,24)/b13-8+/t15-/m0/s1. The summed E-state index contributed by atoms with van der Waals surface area (Å²) in [6, 6.07) is 11.7. The highest BCUT2D eigenvalue weighted by molar-refractivity contribution is 5.92. The molecule has 0 saturated heterocycles. The van der Waals surface area contributed by atoms with Gasteiger partial charge in [0.25, 0.3) is 0 Å². The minimum absolute atomic E-state index is 0.145. The third kappa shape index (κ3) is 4.53. The van der Waals surface area contributed by atoms with Gasteiger partial charge in [0.2, 0.25) is 5.91 Å². The summed E-state index contributed by atoms with van der Waals surface area (Å²) in [6.07, 6.45) is 6.63. The van der Waals surface area contributed by atoms with Crippen molar-refractivity contribution in [3.05, 3.63) is 89.8 Å². The highest BCUT2D eigenvalue weighted by Gasteiger charge is 2.09. The first kappa shape index (κ1) is 17.4. The Balaban J connectivity index is 2.04. The number of hydrogen-bond donors (Lipinski definition) is 1. The summed E-state index contributed by atoms with van der Waals surface area (Å²) >= 11 is 0. The lowest BCUT2D eigenvalue weighted by molar-refractivity contribution is -0.117. The number of amides is 1. The van der Waals surface area contributed by atoms with Gasteiger partial charge in [-0.25, -0.2) is 4.39 Å². The van der Waals surface area contributed by atoms with E-state index >= 15 is 0 Å². The van der Waals surface area contributed by atoms with Crippen LogP contribution in [0, 0.1) is 5.82 Å². The second-order valence-corrected chi connectivity index (χ2v) is 5.41. The summed E-state index contributed by atoms with van der Waals surface area (Å²) in [5.74, 6) is -0.508. The summed E-state index contributed by atoms with van der Waals surface area (Å²) in [4.78, 5) is 12.0. The molecular formula is C21H20FNO. The molecule has 3 heteroatoms. The van der Waals surface area contributed by atoms with Crippen molar-refractivity contribution >= 4 is 24.1 Å². The van der Waals surface area contributed by atoms with E-state index in [1.807, 2.05) is 25.1 Å². The zero-order chi connectivity index (χ0) is 17.5. The molecule has 0 spiro atoms. The second-order valence-electron chi connectivity index (χ2n) is 5.41. The van der Waals surface area contributed by atoms with Crippen molar-refractivity contribution in [3.63, 3.8) is 0 Å². The third-order valence-corrected chi connectivity index (χ3v) is 3.71. The fourth-order valence-electron chi connectivity index (χ4n) is 2.32. The van der Waals surface area contributed by atoms with Crippen LogP contribution < -0.4 is 5.32 Å². The summed E-state index contributed by atoms with van der Waals surface area (Å²) in [5.41, 5.74) is 3.73. The van der Waals surface area contributed by atoms with E-state index in [1.165, 1.54) is 18.2 Å². The van der Waals surface area contributed by atoms with Gasteiger partial charge in [-0.05, 0) is 53.5 Å². The van der Waals surface area contributed by atoms with Crippen LogP contribution in [0.3, 0.4) is 0 Å². The van der Waals surface area contributed by atoms with Crippen LogP contribution >= 0.6 is 0 Å². The van der Waals surface area contributed by atoms with Gasteiger partial charge in [0.05, 0.1) is 6.04 Å². The van der Waals surface area contributed by atoms with Crippen molar-refractivity contribution < 1.29 is 9.18 Å². The van der Waals surface area contributed by atoms with Crippen LogP contribution in [0.15, 0.2) is 61.7 Å². The van der Waals surface area contributed by atoms with Crippen molar-refractivity contribution in [2.45, 2.75) is 13.0 Å². The lowest BCUT2D eigenvalue weighted by Gasteiger charge is -2.14. The van der Waals surface area contributed by atoms with Crippen LogP contribution in [0.1, 0.15) is 35.2 Å². The van der Waals surface area contributed by atoms with E-state index < -0.39 is 0 Å². The van der Waals surface area contributed by atoms with E-state index in [4.69, 9.17) is 0 Å². The number of nitrogens with one attached hydrogen (secondary N) is 1. The number of carbonyl (C=O) groups is 1. The van der Waals surface area contributed by atoms with Gasteiger partial charge >= 0.3 is 0 Å². The molecule has 0 aliphatic heterocycles. The molecule has 122 valence electrons. The molecule has 0 unspecified atom stereocenters. The molecule has 0 fully saturated rings. The maximum Gasteiger partial charge on any atom is 0.244 e. The highest BCUT2D eigenvalue weighted by Crippen LogP contribution is 2.19. The Hall–Kier alpha value is -2.94. The molecule has 0 radical (unpaired) electrons. The van der Waals surface area contributed by atoms with Crippen molar-refractivity contribution in [1.29, 1.82) is 0 Å². The van der Waals surface area contributed by atoms with Gasteiger partial charge in [-0.1, -0.05) is 49.6 Å². The lowest BCUT2D eigenvalue weighted by atomic mass is 10.00. The first-order chi connectivity index (χ1) is 11.5. The molecule has 2 rings (SSSR count). The molecule has 2 nitrogen and oxygen atoms in total. The highest BCUT2D eigenvalue weighted by atomic mass is 19.1. The first-order valence-corrected chi connectivity index (χ1v) is 7.66. The third-order valence-electron chi connectivity index (χ3n) is 3.71. The first-order valence-electron chi connectivity index (χ1n) is 7.66. The second kappa shape index (κ2) is 8.06. The van der Waals surface area contributed by atoms with Gasteiger partial charge in [-0.15, -0.1) is 0 Å². The normalized spacial score (nSPS) is 11.9. The van der Waals surface area contributed by atoms with Gasteiger partial charge in [0, 0.05) is 6.08 Å². The van der Waals surface area contributed by atoms with Crippen LogP contribution in [0.25, 0.3) is 18.2 Å². The Morgan fingerprint density at radius 2 is 1.75 bits per heavy atom. The summed E-state index contributed by atoms with van der Waals surface area (Å²) in [6.45, 7) is 9.48. The summed E-state index contributed by atoms with van der Waals surface area (Å²) in [7, 11) is 0. The van der Waals surface area contributed by atoms with E-state index in [-0.39, 0.29) is 17.8 Å². The van der Waals surface area contributed by atoms with Crippen LogP contribution in [-0.4, -0.2) is 5.91 Å². The van der Waals surface area contributed by atoms with Gasteiger partial charge < -0.3 is 5.32 Å². The van der Waals surface area contributed by atoms with Gasteiger partial charge in [-0.3, -0.25) is 4.79 Å². The van der Waals surface area contributed by atoms with Crippen LogP contribution in [-0.2, 0) is 4.79 Å². The monoisotopic (exact) mass is 321 g/mol. The molecule has 0 aliphatic carbocycles. The Bertz CT molecular complexity index is 775. The molecule has 1 N–H and O–H groups in total. The molecule has 0 aromatic heterocycles. The Kier molecular flexibility index (Phi) is 5.85. The predicted octanol–water partition coefficient (Wildman–Crippen LogP) is 5.00. The quantitative estimate of drug-likeness (QED) is 0.745. The number of halogens is 1. The summed E-state index contributed by atoms with van der Waals surface area (Å²) < 4.78 is 12.8.